The molecule has 28 heavy (non-hydrogen) atoms. The number of hydrazone groups is 1. The number of hydrogen-bond acceptors (Lipinski definition) is 3. The van der Waals surface area contributed by atoms with E-state index in [0.29, 0.717) is 5.56 Å². The van der Waals surface area contributed by atoms with Crippen molar-refractivity contribution in [1.29, 1.82) is 0 Å². The summed E-state index contributed by atoms with van der Waals surface area (Å²) in [5, 5.41) is 4.19. The first-order valence-electron chi connectivity index (χ1n) is 9.75. The summed E-state index contributed by atoms with van der Waals surface area (Å²) < 4.78 is 0. The smallest absolute Gasteiger partial charge is 0.271 e. The summed E-state index contributed by atoms with van der Waals surface area (Å²) in [6.45, 7) is 13.9. The number of amides is 1. The first-order valence-corrected chi connectivity index (χ1v) is 9.75. The number of rotatable bonds is 4. The standard InChI is InChI=1S/C24H29N3O/c1-7-27-22-12-17(3)20(13-21(22)18(4)14-24(27,5)6)15-25-26-23(28)19-10-8-16(2)9-11-19/h8-15H,7H2,1-6H3,(H,26,28)/b25-15+. The fourth-order valence-electron chi connectivity index (χ4n) is 3.89. The number of likely N-dealkylation sites (N-methyl/N-ethyl adjacent to an activating group) is 1. The van der Waals surface area contributed by atoms with Gasteiger partial charge in [-0.05, 0) is 82.5 Å². The zero-order valence-electron chi connectivity index (χ0n) is 17.6. The molecule has 1 N–H and O–H groups in total. The molecule has 0 unspecified atom stereocenters. The van der Waals surface area contributed by atoms with E-state index in [4.69, 9.17) is 0 Å². The van der Waals surface area contributed by atoms with E-state index in [9.17, 15) is 4.79 Å². The summed E-state index contributed by atoms with van der Waals surface area (Å²) >= 11 is 0. The lowest BCUT2D eigenvalue weighted by Gasteiger charge is -2.43. The Hall–Kier alpha value is -2.88. The molecule has 0 radical (unpaired) electrons. The average molecular weight is 376 g/mol. The van der Waals surface area contributed by atoms with Crippen LogP contribution in [0.4, 0.5) is 5.69 Å². The molecule has 0 atom stereocenters. The van der Waals surface area contributed by atoms with Crippen molar-refractivity contribution in [2.75, 3.05) is 11.4 Å². The lowest BCUT2D eigenvalue weighted by Crippen LogP contribution is -2.45. The normalized spacial score (nSPS) is 15.4. The van der Waals surface area contributed by atoms with Gasteiger partial charge in [-0.25, -0.2) is 5.43 Å². The van der Waals surface area contributed by atoms with Crippen molar-refractivity contribution in [3.05, 3.63) is 70.3 Å². The summed E-state index contributed by atoms with van der Waals surface area (Å²) in [5.74, 6) is -0.207. The maximum absolute atomic E-state index is 12.2. The maximum Gasteiger partial charge on any atom is 0.271 e. The Bertz CT molecular complexity index is 953. The van der Waals surface area contributed by atoms with Crippen LogP contribution in [0.25, 0.3) is 5.57 Å². The summed E-state index contributed by atoms with van der Waals surface area (Å²) in [6, 6.07) is 11.8. The van der Waals surface area contributed by atoms with Crippen LogP contribution in [0.2, 0.25) is 0 Å². The van der Waals surface area contributed by atoms with Gasteiger partial charge >= 0.3 is 0 Å². The van der Waals surface area contributed by atoms with Gasteiger partial charge in [0.25, 0.3) is 5.91 Å². The SMILES string of the molecule is CCN1c2cc(C)c(/C=N/NC(=O)c3ccc(C)cc3)cc2C(C)=CC1(C)C. The minimum Gasteiger partial charge on any atom is -0.363 e. The van der Waals surface area contributed by atoms with Crippen LogP contribution in [-0.4, -0.2) is 24.2 Å². The van der Waals surface area contributed by atoms with Gasteiger partial charge in [0.2, 0.25) is 0 Å². The first kappa shape index (κ1) is 19.9. The molecule has 4 nitrogen and oxygen atoms in total. The quantitative estimate of drug-likeness (QED) is 0.598. The Kier molecular flexibility index (Phi) is 5.41. The third-order valence-electron chi connectivity index (χ3n) is 5.37. The molecule has 1 amide bonds. The molecule has 1 aliphatic heterocycles. The summed E-state index contributed by atoms with van der Waals surface area (Å²) in [5.41, 5.74) is 10.2. The largest absolute Gasteiger partial charge is 0.363 e. The van der Waals surface area contributed by atoms with Crippen molar-refractivity contribution >= 4 is 23.4 Å². The van der Waals surface area contributed by atoms with Gasteiger partial charge in [0.15, 0.2) is 0 Å². The van der Waals surface area contributed by atoms with Gasteiger partial charge in [-0.15, -0.1) is 0 Å². The number of carbonyl (C=O) groups excluding carboxylic acids is 1. The highest BCUT2D eigenvalue weighted by atomic mass is 16.2. The highest BCUT2D eigenvalue weighted by Gasteiger charge is 2.30. The molecule has 0 aromatic heterocycles. The average Bonchev–Trinajstić information content (AvgIpc) is 2.62. The van der Waals surface area contributed by atoms with E-state index in [1.807, 2.05) is 19.1 Å². The van der Waals surface area contributed by atoms with Crippen LogP contribution in [0.1, 0.15) is 60.3 Å². The summed E-state index contributed by atoms with van der Waals surface area (Å²) in [7, 11) is 0. The fourth-order valence-corrected chi connectivity index (χ4v) is 3.89. The van der Waals surface area contributed by atoms with Gasteiger partial charge in [-0.1, -0.05) is 23.8 Å². The number of nitrogens with one attached hydrogen (secondary N) is 1. The second-order valence-electron chi connectivity index (χ2n) is 8.02. The van der Waals surface area contributed by atoms with Gasteiger partial charge < -0.3 is 4.90 Å². The van der Waals surface area contributed by atoms with Crippen molar-refractivity contribution in [2.24, 2.45) is 5.10 Å². The number of fused-ring (bicyclic) bond motifs is 1. The van der Waals surface area contributed by atoms with E-state index in [1.165, 1.54) is 16.8 Å². The number of hydrogen-bond donors (Lipinski definition) is 1. The van der Waals surface area contributed by atoms with E-state index in [2.05, 4.69) is 68.3 Å². The lowest BCUT2D eigenvalue weighted by molar-refractivity contribution is 0.0955. The second-order valence-corrected chi connectivity index (χ2v) is 8.02. The highest BCUT2D eigenvalue weighted by molar-refractivity contribution is 5.95. The van der Waals surface area contributed by atoms with Gasteiger partial charge in [0, 0.05) is 23.4 Å². The maximum atomic E-state index is 12.2. The zero-order chi connectivity index (χ0) is 20.5. The van der Waals surface area contributed by atoms with Gasteiger partial charge in [-0.2, -0.15) is 5.10 Å². The Labute approximate surface area is 168 Å². The van der Waals surface area contributed by atoms with Crippen LogP contribution in [0.5, 0.6) is 0 Å². The van der Waals surface area contributed by atoms with Crippen molar-refractivity contribution in [1.82, 2.24) is 5.43 Å². The highest BCUT2D eigenvalue weighted by Crippen LogP contribution is 2.39. The van der Waals surface area contributed by atoms with Crippen molar-refractivity contribution in [2.45, 2.75) is 47.1 Å². The van der Waals surface area contributed by atoms with E-state index in [-0.39, 0.29) is 11.4 Å². The molecule has 0 saturated carbocycles. The molecule has 1 aliphatic rings. The monoisotopic (exact) mass is 375 g/mol. The van der Waals surface area contributed by atoms with Gasteiger partial charge in [-0.3, -0.25) is 4.79 Å². The van der Waals surface area contributed by atoms with Crippen molar-refractivity contribution < 1.29 is 4.79 Å². The van der Waals surface area contributed by atoms with Gasteiger partial charge in [0.1, 0.15) is 0 Å². The Morgan fingerprint density at radius 3 is 2.46 bits per heavy atom. The topological polar surface area (TPSA) is 44.7 Å². The third kappa shape index (κ3) is 3.86. The van der Waals surface area contributed by atoms with Crippen molar-refractivity contribution in [3.63, 3.8) is 0 Å². The molecule has 4 heteroatoms. The molecular weight excluding hydrogens is 346 g/mol. The number of anilines is 1. The molecule has 0 fully saturated rings. The van der Waals surface area contributed by atoms with Crippen LogP contribution in [0.15, 0.2) is 47.6 Å². The van der Waals surface area contributed by atoms with Crippen LogP contribution in [0, 0.1) is 13.8 Å². The van der Waals surface area contributed by atoms with Gasteiger partial charge in [0.05, 0.1) is 11.8 Å². The first-order chi connectivity index (χ1) is 13.2. The molecule has 2 aromatic rings. The minimum absolute atomic E-state index is 0.00408. The number of carbonyl (C=O) groups is 1. The fraction of sp³-hybridized carbons (Fsp3) is 0.333. The van der Waals surface area contributed by atoms with Crippen LogP contribution in [0.3, 0.4) is 0 Å². The van der Waals surface area contributed by atoms with Crippen molar-refractivity contribution in [3.8, 4) is 0 Å². The zero-order valence-corrected chi connectivity index (χ0v) is 17.6. The predicted octanol–water partition coefficient (Wildman–Crippen LogP) is 5.09. The molecule has 0 aliphatic carbocycles. The van der Waals surface area contributed by atoms with E-state index < -0.39 is 0 Å². The molecule has 0 saturated heterocycles. The number of nitrogens with zero attached hydrogens (tertiary/aromatic N) is 2. The number of allylic oxidation sites excluding steroid dienone is 1. The summed E-state index contributed by atoms with van der Waals surface area (Å²) in [6.07, 6.45) is 4.04. The second kappa shape index (κ2) is 7.63. The molecule has 0 bridgehead atoms. The summed E-state index contributed by atoms with van der Waals surface area (Å²) in [4.78, 5) is 14.6. The third-order valence-corrected chi connectivity index (χ3v) is 5.37. The van der Waals surface area contributed by atoms with E-state index in [1.54, 1.807) is 18.3 Å². The molecule has 3 rings (SSSR count). The molecule has 1 heterocycles. The molecule has 2 aromatic carbocycles. The Morgan fingerprint density at radius 1 is 1.14 bits per heavy atom. The van der Waals surface area contributed by atoms with Crippen LogP contribution >= 0.6 is 0 Å². The Balaban J connectivity index is 1.84. The molecule has 146 valence electrons. The lowest BCUT2D eigenvalue weighted by atomic mass is 9.87. The minimum atomic E-state index is -0.207. The van der Waals surface area contributed by atoms with E-state index in [0.717, 1.165) is 23.2 Å². The molecule has 0 spiro atoms. The predicted molar refractivity (Wildman–Crippen MR) is 118 cm³/mol. The number of aryl methyl sites for hydroxylation is 2. The Morgan fingerprint density at radius 2 is 1.82 bits per heavy atom. The van der Waals surface area contributed by atoms with Crippen LogP contribution in [-0.2, 0) is 0 Å². The molecular formula is C24H29N3O. The number of benzene rings is 2. The van der Waals surface area contributed by atoms with Crippen LogP contribution < -0.4 is 10.3 Å². The van der Waals surface area contributed by atoms with E-state index >= 15 is 0 Å².